The van der Waals surface area contributed by atoms with E-state index in [4.69, 9.17) is 4.74 Å². The van der Waals surface area contributed by atoms with Crippen LogP contribution < -0.4 is 5.32 Å². The van der Waals surface area contributed by atoms with Crippen molar-refractivity contribution in [3.8, 4) is 0 Å². The van der Waals surface area contributed by atoms with E-state index in [1.54, 1.807) is 0 Å². The van der Waals surface area contributed by atoms with Crippen molar-refractivity contribution in [2.75, 3.05) is 33.4 Å². The van der Waals surface area contributed by atoms with Crippen LogP contribution in [0.15, 0.2) is 0 Å². The van der Waals surface area contributed by atoms with Gasteiger partial charge in [0.05, 0.1) is 0 Å². The van der Waals surface area contributed by atoms with Gasteiger partial charge < -0.3 is 15.0 Å². The second kappa shape index (κ2) is 8.48. The molecule has 0 saturated carbocycles. The van der Waals surface area contributed by atoms with Crippen molar-refractivity contribution >= 4 is 5.91 Å². The first kappa shape index (κ1) is 14.5. The third-order valence-corrected chi connectivity index (χ3v) is 3.37. The van der Waals surface area contributed by atoms with Gasteiger partial charge in [-0.25, -0.2) is 0 Å². The summed E-state index contributed by atoms with van der Waals surface area (Å²) in [6.07, 6.45) is 4.82. The van der Waals surface area contributed by atoms with Gasteiger partial charge in [-0.15, -0.1) is 0 Å². The average Bonchev–Trinajstić information content (AvgIpc) is 2.62. The van der Waals surface area contributed by atoms with E-state index in [1.165, 1.54) is 6.42 Å². The molecular formula is C13H26N2O2. The highest BCUT2D eigenvalue weighted by atomic mass is 16.5. The Hall–Kier alpha value is -0.610. The molecule has 1 rings (SSSR count). The molecule has 1 aliphatic rings. The van der Waals surface area contributed by atoms with E-state index in [-0.39, 0.29) is 5.91 Å². The highest BCUT2D eigenvalue weighted by molar-refractivity contribution is 5.76. The van der Waals surface area contributed by atoms with E-state index in [2.05, 4.69) is 5.32 Å². The second-order valence-electron chi connectivity index (χ2n) is 4.64. The lowest BCUT2D eigenvalue weighted by Gasteiger charge is -2.27. The molecule has 1 saturated heterocycles. The van der Waals surface area contributed by atoms with Crippen LogP contribution in [-0.2, 0) is 9.53 Å². The van der Waals surface area contributed by atoms with Gasteiger partial charge in [0.2, 0.25) is 5.91 Å². The smallest absolute Gasteiger partial charge is 0.222 e. The molecular weight excluding hydrogens is 216 g/mol. The third kappa shape index (κ3) is 5.50. The van der Waals surface area contributed by atoms with Crippen molar-refractivity contribution in [1.29, 1.82) is 0 Å². The molecule has 1 heterocycles. The van der Waals surface area contributed by atoms with Gasteiger partial charge in [-0.05, 0) is 45.7 Å². The van der Waals surface area contributed by atoms with E-state index in [0.717, 1.165) is 39.0 Å². The maximum atomic E-state index is 12.0. The van der Waals surface area contributed by atoms with Crippen LogP contribution in [0, 0.1) is 0 Å². The zero-order valence-corrected chi connectivity index (χ0v) is 11.2. The minimum Gasteiger partial charge on any atom is -0.382 e. The van der Waals surface area contributed by atoms with Gasteiger partial charge in [-0.3, -0.25) is 4.79 Å². The second-order valence-corrected chi connectivity index (χ2v) is 4.64. The number of hydrogen-bond acceptors (Lipinski definition) is 3. The van der Waals surface area contributed by atoms with Crippen LogP contribution >= 0.6 is 0 Å². The number of hydrogen-bond donors (Lipinski definition) is 1. The van der Waals surface area contributed by atoms with Crippen LogP contribution in [0.1, 0.15) is 39.0 Å². The van der Waals surface area contributed by atoms with Gasteiger partial charge in [0, 0.05) is 32.7 Å². The largest absolute Gasteiger partial charge is 0.382 e. The zero-order chi connectivity index (χ0) is 12.5. The van der Waals surface area contributed by atoms with Crippen LogP contribution in [0.3, 0.4) is 0 Å². The summed E-state index contributed by atoms with van der Waals surface area (Å²) in [5.74, 6) is 0.261. The Morgan fingerprint density at radius 1 is 1.41 bits per heavy atom. The van der Waals surface area contributed by atoms with Crippen molar-refractivity contribution in [2.24, 2.45) is 0 Å². The Morgan fingerprint density at radius 3 is 3.00 bits per heavy atom. The summed E-state index contributed by atoms with van der Waals surface area (Å²) < 4.78 is 5.25. The van der Waals surface area contributed by atoms with Gasteiger partial charge in [0.25, 0.3) is 0 Å². The van der Waals surface area contributed by atoms with Crippen LogP contribution in [0.2, 0.25) is 0 Å². The van der Waals surface area contributed by atoms with Gasteiger partial charge in [0.1, 0.15) is 0 Å². The molecule has 0 aromatic heterocycles. The molecule has 1 aliphatic heterocycles. The summed E-state index contributed by atoms with van der Waals surface area (Å²) in [5, 5.41) is 3.37. The molecule has 0 spiro atoms. The van der Waals surface area contributed by atoms with E-state index in [9.17, 15) is 4.79 Å². The predicted molar refractivity (Wildman–Crippen MR) is 69.0 cm³/mol. The normalized spacial score (nSPS) is 20.9. The van der Waals surface area contributed by atoms with E-state index >= 15 is 0 Å². The first-order chi connectivity index (χ1) is 8.25. The molecule has 1 N–H and O–H groups in total. The van der Waals surface area contributed by atoms with Gasteiger partial charge >= 0.3 is 0 Å². The number of carbonyl (C=O) groups excluding carboxylic acids is 1. The minimum atomic E-state index is 0.261. The monoisotopic (exact) mass is 242 g/mol. The summed E-state index contributed by atoms with van der Waals surface area (Å²) >= 11 is 0. The van der Waals surface area contributed by atoms with E-state index in [0.29, 0.717) is 19.1 Å². The fourth-order valence-corrected chi connectivity index (χ4v) is 2.24. The number of rotatable bonds is 6. The maximum absolute atomic E-state index is 12.0. The number of nitrogens with zero attached hydrogens (tertiary/aromatic N) is 1. The summed E-state index contributed by atoms with van der Waals surface area (Å²) in [6.45, 7) is 5.53. The molecule has 100 valence electrons. The first-order valence-electron chi connectivity index (χ1n) is 6.79. The molecule has 0 aromatic rings. The highest BCUT2D eigenvalue weighted by Gasteiger charge is 2.20. The fourth-order valence-electron chi connectivity index (χ4n) is 2.24. The Morgan fingerprint density at radius 2 is 2.24 bits per heavy atom. The molecule has 1 unspecified atom stereocenters. The molecule has 1 atom stereocenters. The summed E-state index contributed by atoms with van der Waals surface area (Å²) in [4.78, 5) is 13.9. The number of carbonyl (C=O) groups is 1. The van der Waals surface area contributed by atoms with Crippen molar-refractivity contribution in [2.45, 2.75) is 45.1 Å². The Bertz CT molecular complexity index is 213. The summed E-state index contributed by atoms with van der Waals surface area (Å²) in [6, 6.07) is 0.421. The molecule has 0 bridgehead atoms. The quantitative estimate of drug-likeness (QED) is 0.716. The van der Waals surface area contributed by atoms with Crippen LogP contribution in [-0.4, -0.2) is 50.2 Å². The highest BCUT2D eigenvalue weighted by Crippen LogP contribution is 2.13. The van der Waals surface area contributed by atoms with Gasteiger partial charge in [-0.2, -0.15) is 0 Å². The van der Waals surface area contributed by atoms with Crippen molar-refractivity contribution in [3.63, 3.8) is 0 Å². The molecule has 0 radical (unpaired) electrons. The van der Waals surface area contributed by atoms with Crippen LogP contribution in [0.4, 0.5) is 0 Å². The topological polar surface area (TPSA) is 41.6 Å². The maximum Gasteiger partial charge on any atom is 0.222 e. The number of amides is 1. The SMILES string of the molecule is CCOCCCC(=O)N(C)C1CCCNCC1. The molecule has 17 heavy (non-hydrogen) atoms. The Kier molecular flexibility index (Phi) is 7.21. The molecule has 0 aliphatic carbocycles. The van der Waals surface area contributed by atoms with Crippen molar-refractivity contribution < 1.29 is 9.53 Å². The van der Waals surface area contributed by atoms with Gasteiger partial charge in [-0.1, -0.05) is 0 Å². The first-order valence-corrected chi connectivity index (χ1v) is 6.79. The van der Waals surface area contributed by atoms with E-state index < -0.39 is 0 Å². The van der Waals surface area contributed by atoms with Crippen molar-refractivity contribution in [1.82, 2.24) is 10.2 Å². The van der Waals surface area contributed by atoms with Gasteiger partial charge in [0.15, 0.2) is 0 Å². The number of nitrogens with one attached hydrogen (secondary N) is 1. The minimum absolute atomic E-state index is 0.261. The average molecular weight is 242 g/mol. The standard InChI is InChI=1S/C13H26N2O2/c1-3-17-11-5-7-13(16)15(2)12-6-4-9-14-10-8-12/h12,14H,3-11H2,1-2H3. The Balaban J connectivity index is 2.24. The summed E-state index contributed by atoms with van der Waals surface area (Å²) in [5.41, 5.74) is 0. The molecule has 0 aromatic carbocycles. The zero-order valence-electron chi connectivity index (χ0n) is 11.2. The van der Waals surface area contributed by atoms with Crippen LogP contribution in [0.5, 0.6) is 0 Å². The van der Waals surface area contributed by atoms with Crippen LogP contribution in [0.25, 0.3) is 0 Å². The number of ether oxygens (including phenoxy) is 1. The fraction of sp³-hybridized carbons (Fsp3) is 0.923. The Labute approximate surface area is 105 Å². The summed E-state index contributed by atoms with van der Waals surface area (Å²) in [7, 11) is 1.94. The third-order valence-electron chi connectivity index (χ3n) is 3.37. The van der Waals surface area contributed by atoms with Crippen molar-refractivity contribution in [3.05, 3.63) is 0 Å². The molecule has 1 amide bonds. The molecule has 1 fully saturated rings. The lowest BCUT2D eigenvalue weighted by molar-refractivity contribution is -0.132. The lowest BCUT2D eigenvalue weighted by atomic mass is 10.1. The van der Waals surface area contributed by atoms with E-state index in [1.807, 2.05) is 18.9 Å². The lowest BCUT2D eigenvalue weighted by Crippen LogP contribution is -2.37. The molecule has 4 heteroatoms. The molecule has 4 nitrogen and oxygen atoms in total. The predicted octanol–water partition coefficient (Wildman–Crippen LogP) is 1.40.